The molecule has 0 amide bonds. The maximum atomic E-state index is 13.2. The summed E-state index contributed by atoms with van der Waals surface area (Å²) in [5.74, 6) is 0.432. The minimum absolute atomic E-state index is 0.102. The molecule has 4 rings (SSSR count). The largest absolute Gasteiger partial charge is 0.372 e. The quantitative estimate of drug-likeness (QED) is 0.414. The van der Waals surface area contributed by atoms with Gasteiger partial charge in [-0.25, -0.2) is 4.98 Å². The summed E-state index contributed by atoms with van der Waals surface area (Å²) in [6.07, 6.45) is 8.81. The molecule has 0 bridgehead atoms. The van der Waals surface area contributed by atoms with Gasteiger partial charge in [0.25, 0.3) is 5.56 Å². The molecule has 1 saturated heterocycles. The lowest BCUT2D eigenvalue weighted by Gasteiger charge is -2.32. The van der Waals surface area contributed by atoms with Crippen molar-refractivity contribution in [3.05, 3.63) is 88.5 Å². The number of aromatic nitrogens is 2. The molecule has 1 aromatic heterocycles. The average Bonchev–Trinajstić information content (AvgIpc) is 2.90. The molecule has 0 radical (unpaired) electrons. The van der Waals surface area contributed by atoms with Gasteiger partial charge in [-0.15, -0.1) is 0 Å². The van der Waals surface area contributed by atoms with Crippen molar-refractivity contribution in [3.8, 4) is 5.69 Å². The van der Waals surface area contributed by atoms with Crippen molar-refractivity contribution < 1.29 is 0 Å². The lowest BCUT2D eigenvalue weighted by Crippen LogP contribution is -2.41. The zero-order valence-electron chi connectivity index (χ0n) is 21.9. The fraction of sp³-hybridized carbons (Fsp3) is 0.400. The molecule has 6 nitrogen and oxygen atoms in total. The van der Waals surface area contributed by atoms with Gasteiger partial charge in [0.2, 0.25) is 0 Å². The second kappa shape index (κ2) is 12.5. The molecule has 0 spiro atoms. The highest BCUT2D eigenvalue weighted by molar-refractivity contribution is 5.53. The monoisotopic (exact) mass is 485 g/mol. The predicted octanol–water partition coefficient (Wildman–Crippen LogP) is 5.45. The summed E-state index contributed by atoms with van der Waals surface area (Å²) < 4.78 is 1.68. The van der Waals surface area contributed by atoms with Crippen LogP contribution in [-0.4, -0.2) is 53.2 Å². The van der Waals surface area contributed by atoms with Gasteiger partial charge < -0.3 is 10.2 Å². The first kappa shape index (κ1) is 25.7. The SMILES string of the molecule is CCCN(CC)c1ccc(-n2ccnc(NC3CCN(C/C(C)=C/c4ccccc4)CC3)c2=O)cc1. The fourth-order valence-corrected chi connectivity index (χ4v) is 4.94. The van der Waals surface area contributed by atoms with Crippen LogP contribution in [0.2, 0.25) is 0 Å². The van der Waals surface area contributed by atoms with E-state index in [1.165, 1.54) is 16.8 Å². The first-order valence-electron chi connectivity index (χ1n) is 13.2. The molecule has 0 saturated carbocycles. The third-order valence-electron chi connectivity index (χ3n) is 6.82. The molecule has 2 heterocycles. The maximum Gasteiger partial charge on any atom is 0.297 e. The van der Waals surface area contributed by atoms with Crippen LogP contribution in [0.15, 0.2) is 77.4 Å². The maximum absolute atomic E-state index is 13.2. The molecule has 2 aromatic carbocycles. The van der Waals surface area contributed by atoms with Gasteiger partial charge in [-0.05, 0) is 62.9 Å². The van der Waals surface area contributed by atoms with Crippen LogP contribution in [0.1, 0.15) is 45.6 Å². The van der Waals surface area contributed by atoms with Gasteiger partial charge in [-0.3, -0.25) is 14.3 Å². The molecule has 0 unspecified atom stereocenters. The summed E-state index contributed by atoms with van der Waals surface area (Å²) in [6, 6.07) is 19.0. The Morgan fingerprint density at radius 1 is 1.08 bits per heavy atom. The number of benzene rings is 2. The van der Waals surface area contributed by atoms with Crippen LogP contribution in [-0.2, 0) is 0 Å². The van der Waals surface area contributed by atoms with E-state index in [1.54, 1.807) is 17.0 Å². The number of nitrogens with zero attached hydrogens (tertiary/aromatic N) is 4. The van der Waals surface area contributed by atoms with E-state index < -0.39 is 0 Å². The number of rotatable bonds is 10. The number of anilines is 2. The Morgan fingerprint density at radius 2 is 1.81 bits per heavy atom. The Labute approximate surface area is 215 Å². The smallest absolute Gasteiger partial charge is 0.297 e. The zero-order valence-corrected chi connectivity index (χ0v) is 21.9. The minimum Gasteiger partial charge on any atom is -0.372 e. The van der Waals surface area contributed by atoms with Crippen molar-refractivity contribution in [1.29, 1.82) is 0 Å². The number of nitrogens with one attached hydrogen (secondary N) is 1. The molecule has 0 aliphatic carbocycles. The molecule has 36 heavy (non-hydrogen) atoms. The summed E-state index contributed by atoms with van der Waals surface area (Å²) in [4.78, 5) is 22.4. The third kappa shape index (κ3) is 6.64. The Balaban J connectivity index is 1.35. The molecule has 1 aliphatic rings. The van der Waals surface area contributed by atoms with Crippen LogP contribution in [0.5, 0.6) is 0 Å². The van der Waals surface area contributed by atoms with Crippen molar-refractivity contribution in [2.24, 2.45) is 0 Å². The van der Waals surface area contributed by atoms with Gasteiger partial charge in [0.15, 0.2) is 5.82 Å². The van der Waals surface area contributed by atoms with Crippen molar-refractivity contribution in [3.63, 3.8) is 0 Å². The van der Waals surface area contributed by atoms with Crippen molar-refractivity contribution in [2.45, 2.75) is 46.1 Å². The van der Waals surface area contributed by atoms with Crippen LogP contribution in [0.4, 0.5) is 11.5 Å². The number of hydrogen-bond acceptors (Lipinski definition) is 5. The van der Waals surface area contributed by atoms with E-state index in [-0.39, 0.29) is 11.6 Å². The Bertz CT molecular complexity index is 1180. The second-order valence-electron chi connectivity index (χ2n) is 9.64. The summed E-state index contributed by atoms with van der Waals surface area (Å²) in [7, 11) is 0. The Morgan fingerprint density at radius 3 is 2.47 bits per heavy atom. The van der Waals surface area contributed by atoms with E-state index in [2.05, 4.69) is 83.3 Å². The standard InChI is InChI=1S/C30H39N5O/c1-4-18-34(5-2)27-11-13-28(14-12-27)35-21-17-31-29(30(35)36)32-26-15-19-33(20-16-26)23-24(3)22-25-9-7-6-8-10-25/h6-14,17,21-22,26H,4-5,15-16,18-20,23H2,1-3H3,(H,31,32)/b24-22+. The van der Waals surface area contributed by atoms with Gasteiger partial charge in [-0.1, -0.05) is 48.9 Å². The zero-order chi connectivity index (χ0) is 25.3. The summed E-state index contributed by atoms with van der Waals surface area (Å²) in [5, 5.41) is 3.43. The Kier molecular flexibility index (Phi) is 8.95. The molecule has 1 fully saturated rings. The van der Waals surface area contributed by atoms with Crippen LogP contribution in [0.25, 0.3) is 11.8 Å². The highest BCUT2D eigenvalue weighted by Gasteiger charge is 2.21. The lowest BCUT2D eigenvalue weighted by atomic mass is 10.0. The van der Waals surface area contributed by atoms with E-state index in [0.717, 1.165) is 57.7 Å². The normalized spacial score (nSPS) is 15.1. The van der Waals surface area contributed by atoms with Crippen molar-refractivity contribution in [2.75, 3.05) is 42.9 Å². The van der Waals surface area contributed by atoms with Crippen LogP contribution < -0.4 is 15.8 Å². The molecule has 3 aromatic rings. The average molecular weight is 486 g/mol. The third-order valence-corrected chi connectivity index (χ3v) is 6.82. The lowest BCUT2D eigenvalue weighted by molar-refractivity contribution is 0.236. The minimum atomic E-state index is -0.102. The highest BCUT2D eigenvalue weighted by Crippen LogP contribution is 2.19. The number of hydrogen-bond donors (Lipinski definition) is 1. The highest BCUT2D eigenvalue weighted by atomic mass is 16.1. The van der Waals surface area contributed by atoms with Gasteiger partial charge in [0, 0.05) is 62.5 Å². The van der Waals surface area contributed by atoms with E-state index in [9.17, 15) is 4.79 Å². The molecule has 190 valence electrons. The molecule has 1 aliphatic heterocycles. The first-order chi connectivity index (χ1) is 17.6. The van der Waals surface area contributed by atoms with Crippen LogP contribution >= 0.6 is 0 Å². The van der Waals surface area contributed by atoms with Gasteiger partial charge in [0.05, 0.1) is 0 Å². The molecular formula is C30H39N5O. The molecule has 0 atom stereocenters. The molecule has 6 heteroatoms. The fourth-order valence-electron chi connectivity index (χ4n) is 4.94. The number of likely N-dealkylation sites (tertiary alicyclic amines) is 1. The second-order valence-corrected chi connectivity index (χ2v) is 9.64. The van der Waals surface area contributed by atoms with Crippen molar-refractivity contribution >= 4 is 17.6 Å². The Hall–Kier alpha value is -3.38. The summed E-state index contributed by atoms with van der Waals surface area (Å²) in [5.41, 5.74) is 4.55. The van der Waals surface area contributed by atoms with Crippen LogP contribution in [0.3, 0.4) is 0 Å². The topological polar surface area (TPSA) is 53.4 Å². The summed E-state index contributed by atoms with van der Waals surface area (Å²) in [6.45, 7) is 11.5. The molecular weight excluding hydrogens is 446 g/mol. The van der Waals surface area contributed by atoms with E-state index >= 15 is 0 Å². The predicted molar refractivity (Wildman–Crippen MR) is 151 cm³/mol. The van der Waals surface area contributed by atoms with Crippen molar-refractivity contribution in [1.82, 2.24) is 14.5 Å². The van der Waals surface area contributed by atoms with E-state index in [1.807, 2.05) is 18.2 Å². The van der Waals surface area contributed by atoms with Gasteiger partial charge >= 0.3 is 0 Å². The van der Waals surface area contributed by atoms with Gasteiger partial charge in [-0.2, -0.15) is 0 Å². The van der Waals surface area contributed by atoms with Crippen LogP contribution in [0, 0.1) is 0 Å². The van der Waals surface area contributed by atoms with Gasteiger partial charge in [0.1, 0.15) is 0 Å². The van der Waals surface area contributed by atoms with E-state index in [4.69, 9.17) is 0 Å². The number of piperidine rings is 1. The first-order valence-corrected chi connectivity index (χ1v) is 13.2. The van der Waals surface area contributed by atoms with E-state index in [0.29, 0.717) is 5.82 Å². The molecule has 1 N–H and O–H groups in total. The summed E-state index contributed by atoms with van der Waals surface area (Å²) >= 11 is 0.